The molecular formula is C57H88O6. The van der Waals surface area contributed by atoms with Gasteiger partial charge in [-0.15, -0.1) is 0 Å². The summed E-state index contributed by atoms with van der Waals surface area (Å²) in [6.07, 6.45) is 70.2. The highest BCUT2D eigenvalue weighted by Gasteiger charge is 2.19. The van der Waals surface area contributed by atoms with E-state index in [0.717, 1.165) is 103 Å². The van der Waals surface area contributed by atoms with E-state index in [0.29, 0.717) is 19.3 Å². The molecule has 0 saturated heterocycles. The number of ether oxygens (including phenoxy) is 3. The van der Waals surface area contributed by atoms with Gasteiger partial charge in [-0.1, -0.05) is 219 Å². The van der Waals surface area contributed by atoms with Crippen molar-refractivity contribution in [2.24, 2.45) is 0 Å². The van der Waals surface area contributed by atoms with E-state index in [2.05, 4.69) is 93.7 Å². The molecule has 0 aromatic rings. The first-order valence-corrected chi connectivity index (χ1v) is 24.8. The van der Waals surface area contributed by atoms with Gasteiger partial charge in [-0.3, -0.25) is 14.4 Å². The number of unbranched alkanes of at least 4 members (excludes halogenated alkanes) is 15. The molecule has 0 rings (SSSR count). The van der Waals surface area contributed by atoms with E-state index in [4.69, 9.17) is 14.2 Å². The van der Waals surface area contributed by atoms with E-state index in [1.165, 1.54) is 38.5 Å². The molecule has 1 atom stereocenters. The molecule has 0 saturated carbocycles. The monoisotopic (exact) mass is 869 g/mol. The normalized spacial score (nSPS) is 13.3. The Hall–Kier alpha value is -4.45. The Morgan fingerprint density at radius 3 is 1.13 bits per heavy atom. The molecule has 0 heterocycles. The number of rotatable bonds is 42. The topological polar surface area (TPSA) is 78.9 Å². The molecule has 1 unspecified atom stereocenters. The number of hydrogen-bond acceptors (Lipinski definition) is 6. The van der Waals surface area contributed by atoms with Gasteiger partial charge in [0.25, 0.3) is 0 Å². The number of hydrogen-bond donors (Lipinski definition) is 0. The molecule has 6 heteroatoms. The van der Waals surface area contributed by atoms with Crippen LogP contribution in [0.1, 0.15) is 188 Å². The fraction of sp³-hybridized carbons (Fsp3) is 0.561. The van der Waals surface area contributed by atoms with Gasteiger partial charge >= 0.3 is 17.9 Å². The van der Waals surface area contributed by atoms with Crippen molar-refractivity contribution in [1.82, 2.24) is 0 Å². The Morgan fingerprint density at radius 2 is 0.667 bits per heavy atom. The van der Waals surface area contributed by atoms with Gasteiger partial charge in [-0.25, -0.2) is 0 Å². The maximum absolute atomic E-state index is 12.7. The highest BCUT2D eigenvalue weighted by molar-refractivity contribution is 5.71. The van der Waals surface area contributed by atoms with E-state index in [9.17, 15) is 14.4 Å². The minimum atomic E-state index is -0.830. The minimum Gasteiger partial charge on any atom is -0.462 e. The third-order valence-electron chi connectivity index (χ3n) is 9.82. The van der Waals surface area contributed by atoms with Gasteiger partial charge in [0, 0.05) is 19.3 Å². The van der Waals surface area contributed by atoms with Gasteiger partial charge < -0.3 is 14.2 Å². The molecule has 352 valence electrons. The van der Waals surface area contributed by atoms with Crippen LogP contribution in [0.3, 0.4) is 0 Å². The molecule has 0 fully saturated rings. The van der Waals surface area contributed by atoms with Crippen LogP contribution in [0.15, 0.2) is 134 Å². The zero-order valence-corrected chi connectivity index (χ0v) is 40.0. The summed E-state index contributed by atoms with van der Waals surface area (Å²) in [5.41, 5.74) is 0. The number of carbonyl (C=O) groups excluding carboxylic acids is 3. The fourth-order valence-corrected chi connectivity index (χ4v) is 6.19. The van der Waals surface area contributed by atoms with Crippen molar-refractivity contribution in [3.8, 4) is 0 Å². The van der Waals surface area contributed by atoms with Crippen LogP contribution in [0.2, 0.25) is 0 Å². The SMILES string of the molecule is CC/C=C/C=C/C=C/C=C/C=C/CCCC(=O)OC(COC(=O)CCCCCCC/C=C/C=C/C=C/CC)COC(=O)CCCCCCCCCCC/C=C/C/C=C/C/C=C/CC. The van der Waals surface area contributed by atoms with Crippen LogP contribution >= 0.6 is 0 Å². The molecule has 0 amide bonds. The molecular weight excluding hydrogens is 781 g/mol. The summed E-state index contributed by atoms with van der Waals surface area (Å²) in [6, 6.07) is 0. The Bertz CT molecular complexity index is 1420. The zero-order chi connectivity index (χ0) is 45.8. The molecule has 0 bridgehead atoms. The zero-order valence-electron chi connectivity index (χ0n) is 40.0. The highest BCUT2D eigenvalue weighted by Crippen LogP contribution is 2.13. The van der Waals surface area contributed by atoms with Crippen LogP contribution in [-0.2, 0) is 28.6 Å². The third-order valence-corrected chi connectivity index (χ3v) is 9.82. The highest BCUT2D eigenvalue weighted by atomic mass is 16.6. The van der Waals surface area contributed by atoms with Crippen molar-refractivity contribution in [1.29, 1.82) is 0 Å². The maximum Gasteiger partial charge on any atom is 0.306 e. The Labute approximate surface area is 385 Å². The van der Waals surface area contributed by atoms with Crippen molar-refractivity contribution < 1.29 is 28.6 Å². The van der Waals surface area contributed by atoms with E-state index >= 15 is 0 Å². The predicted molar refractivity (Wildman–Crippen MR) is 269 cm³/mol. The second-order valence-corrected chi connectivity index (χ2v) is 15.8. The molecule has 0 aliphatic carbocycles. The largest absolute Gasteiger partial charge is 0.462 e. The molecule has 0 aromatic heterocycles. The molecule has 0 aliphatic heterocycles. The quantitative estimate of drug-likeness (QED) is 0.0200. The minimum absolute atomic E-state index is 0.121. The fourth-order valence-electron chi connectivity index (χ4n) is 6.19. The van der Waals surface area contributed by atoms with Crippen molar-refractivity contribution in [3.63, 3.8) is 0 Å². The molecule has 6 nitrogen and oxygen atoms in total. The van der Waals surface area contributed by atoms with Gasteiger partial charge in [-0.05, 0) is 83.5 Å². The van der Waals surface area contributed by atoms with Gasteiger partial charge in [0.2, 0.25) is 0 Å². The van der Waals surface area contributed by atoms with Crippen LogP contribution in [-0.4, -0.2) is 37.2 Å². The summed E-state index contributed by atoms with van der Waals surface area (Å²) in [5.74, 6) is -1.03. The van der Waals surface area contributed by atoms with Crippen LogP contribution in [0.5, 0.6) is 0 Å². The molecule has 0 aromatic carbocycles. The number of esters is 3. The van der Waals surface area contributed by atoms with Gasteiger partial charge in [-0.2, -0.15) is 0 Å². The van der Waals surface area contributed by atoms with Crippen molar-refractivity contribution >= 4 is 17.9 Å². The number of carbonyl (C=O) groups is 3. The van der Waals surface area contributed by atoms with E-state index < -0.39 is 12.1 Å². The predicted octanol–water partition coefficient (Wildman–Crippen LogP) is 16.3. The average Bonchev–Trinajstić information content (AvgIpc) is 3.28. The lowest BCUT2D eigenvalue weighted by Crippen LogP contribution is -2.30. The average molecular weight is 869 g/mol. The maximum atomic E-state index is 12.7. The van der Waals surface area contributed by atoms with Crippen LogP contribution in [0.25, 0.3) is 0 Å². The molecule has 0 radical (unpaired) electrons. The standard InChI is InChI=1S/C57H88O6/c1-4-7-10-13-16-19-22-25-26-27-28-29-30-33-35-38-41-44-47-50-56(59)62-53-54(63-57(60)51-48-45-42-39-36-32-24-21-18-15-12-9-6-3)52-61-55(58)49-46-43-40-37-34-31-23-20-17-14-11-8-5-2/h7-12,14-21,23-26,32,36,39,42,54H,4-6,13,22,27-31,33-35,37-38,40-41,43-53H2,1-3H3/b10-7+,11-8+,12-9+,17-14+,18-15+,19-16+,23-20+,24-21+,26-25+,36-32+,42-39+. The first-order valence-electron chi connectivity index (χ1n) is 24.8. The Balaban J connectivity index is 4.50. The van der Waals surface area contributed by atoms with Crippen LogP contribution in [0.4, 0.5) is 0 Å². The van der Waals surface area contributed by atoms with E-state index in [1.807, 2.05) is 60.8 Å². The summed E-state index contributed by atoms with van der Waals surface area (Å²) >= 11 is 0. The molecule has 0 N–H and O–H groups in total. The van der Waals surface area contributed by atoms with E-state index in [1.54, 1.807) is 0 Å². The summed E-state index contributed by atoms with van der Waals surface area (Å²) in [7, 11) is 0. The third kappa shape index (κ3) is 48.4. The first kappa shape index (κ1) is 58.6. The molecule has 0 spiro atoms. The Morgan fingerprint density at radius 1 is 0.333 bits per heavy atom. The van der Waals surface area contributed by atoms with Gasteiger partial charge in [0.1, 0.15) is 13.2 Å². The van der Waals surface area contributed by atoms with E-state index in [-0.39, 0.29) is 31.6 Å². The Kier molecular flexibility index (Phi) is 46.7. The lowest BCUT2D eigenvalue weighted by atomic mass is 10.1. The van der Waals surface area contributed by atoms with Gasteiger partial charge in [0.15, 0.2) is 6.10 Å². The van der Waals surface area contributed by atoms with Crippen molar-refractivity contribution in [2.75, 3.05) is 13.2 Å². The second-order valence-electron chi connectivity index (χ2n) is 15.8. The van der Waals surface area contributed by atoms with Crippen molar-refractivity contribution in [3.05, 3.63) is 134 Å². The second kappa shape index (κ2) is 50.2. The lowest BCUT2D eigenvalue weighted by Gasteiger charge is -2.18. The summed E-state index contributed by atoms with van der Waals surface area (Å²) in [6.45, 7) is 6.14. The summed E-state index contributed by atoms with van der Waals surface area (Å²) in [5, 5.41) is 0. The van der Waals surface area contributed by atoms with Crippen molar-refractivity contribution in [2.45, 2.75) is 194 Å². The van der Waals surface area contributed by atoms with Crippen LogP contribution < -0.4 is 0 Å². The number of allylic oxidation sites excluding steroid dienone is 22. The summed E-state index contributed by atoms with van der Waals surface area (Å²) in [4.78, 5) is 37.9. The van der Waals surface area contributed by atoms with Crippen LogP contribution in [0, 0.1) is 0 Å². The lowest BCUT2D eigenvalue weighted by molar-refractivity contribution is -0.167. The molecule has 63 heavy (non-hydrogen) atoms. The first-order chi connectivity index (χ1) is 31.0. The molecule has 0 aliphatic rings. The summed E-state index contributed by atoms with van der Waals surface area (Å²) < 4.78 is 16.7. The van der Waals surface area contributed by atoms with Gasteiger partial charge in [0.05, 0.1) is 0 Å². The smallest absolute Gasteiger partial charge is 0.306 e.